The van der Waals surface area contributed by atoms with Crippen LogP contribution in [0, 0.1) is 11.3 Å². The molecule has 1 spiro atoms. The van der Waals surface area contributed by atoms with Gasteiger partial charge in [-0.3, -0.25) is 4.90 Å². The van der Waals surface area contributed by atoms with Gasteiger partial charge >= 0.3 is 6.09 Å². The molecule has 2 aromatic carbocycles. The quantitative estimate of drug-likeness (QED) is 0.389. The molecule has 2 fully saturated rings. The Balaban J connectivity index is 1.43. The summed E-state index contributed by atoms with van der Waals surface area (Å²) in [6.07, 6.45) is 5.54. The average molecular weight is 539 g/mol. The highest BCUT2D eigenvalue weighted by molar-refractivity contribution is 9.10. The van der Waals surface area contributed by atoms with Crippen LogP contribution >= 0.6 is 15.9 Å². The van der Waals surface area contributed by atoms with Crippen molar-refractivity contribution in [2.45, 2.75) is 44.7 Å². The van der Waals surface area contributed by atoms with Crippen LogP contribution in [-0.2, 0) is 9.53 Å². The smallest absolute Gasteiger partial charge is 0.407 e. The third-order valence-corrected chi connectivity index (χ3v) is 8.31. The van der Waals surface area contributed by atoms with Crippen LogP contribution in [0.3, 0.4) is 0 Å². The number of carbonyl (C=O) groups excluding carboxylic acids is 2. The number of hydrogen-bond acceptors (Lipinski definition) is 5. The van der Waals surface area contributed by atoms with Gasteiger partial charge < -0.3 is 19.8 Å². The molecule has 2 heterocycles. The first-order chi connectivity index (χ1) is 16.8. The number of amides is 1. The lowest BCUT2D eigenvalue weighted by atomic mass is 9.87. The predicted molar refractivity (Wildman–Crippen MR) is 139 cm³/mol. The van der Waals surface area contributed by atoms with E-state index in [-0.39, 0.29) is 17.4 Å². The SMILES string of the molecule is COC(=O)N[C@@](C=O)(CN1CC2(CC2)C[C@H]1c1ncc(-c2ccc3cc(Br)ccc3c2)[nH]1)C(C)C. The predicted octanol–water partition coefficient (Wildman–Crippen LogP) is 5.47. The Morgan fingerprint density at radius 1 is 1.31 bits per heavy atom. The number of fused-ring (bicyclic) bond motifs is 1. The Hall–Kier alpha value is -2.71. The van der Waals surface area contributed by atoms with Gasteiger partial charge in [0.1, 0.15) is 17.6 Å². The minimum Gasteiger partial charge on any atom is -0.453 e. The monoisotopic (exact) mass is 538 g/mol. The van der Waals surface area contributed by atoms with Gasteiger partial charge in [0, 0.05) is 23.1 Å². The van der Waals surface area contributed by atoms with Gasteiger partial charge in [0.15, 0.2) is 0 Å². The number of likely N-dealkylation sites (tertiary alicyclic amines) is 1. The lowest BCUT2D eigenvalue weighted by molar-refractivity contribution is -0.115. The maximum absolute atomic E-state index is 12.3. The lowest BCUT2D eigenvalue weighted by Crippen LogP contribution is -2.60. The van der Waals surface area contributed by atoms with Crippen molar-refractivity contribution < 1.29 is 14.3 Å². The first-order valence-electron chi connectivity index (χ1n) is 12.1. The molecule has 0 unspecified atom stereocenters. The van der Waals surface area contributed by atoms with Gasteiger partial charge in [0.25, 0.3) is 0 Å². The topological polar surface area (TPSA) is 87.3 Å². The van der Waals surface area contributed by atoms with Crippen molar-refractivity contribution in [1.82, 2.24) is 20.2 Å². The number of aromatic amines is 1. The molecule has 1 aliphatic carbocycles. The molecule has 1 aromatic heterocycles. The van der Waals surface area contributed by atoms with E-state index in [1.54, 1.807) is 0 Å². The molecule has 184 valence electrons. The van der Waals surface area contributed by atoms with Gasteiger partial charge in [-0.15, -0.1) is 0 Å². The van der Waals surface area contributed by atoms with E-state index in [4.69, 9.17) is 9.72 Å². The van der Waals surface area contributed by atoms with E-state index in [9.17, 15) is 9.59 Å². The summed E-state index contributed by atoms with van der Waals surface area (Å²) in [5.41, 5.74) is 1.30. The highest BCUT2D eigenvalue weighted by atomic mass is 79.9. The zero-order valence-electron chi connectivity index (χ0n) is 20.3. The molecule has 2 aliphatic rings. The molecule has 7 nitrogen and oxygen atoms in total. The second-order valence-corrected chi connectivity index (χ2v) is 11.4. The fraction of sp³-hybridized carbons (Fsp3) is 0.444. The minimum absolute atomic E-state index is 0.0557. The number of hydrogen-bond donors (Lipinski definition) is 2. The van der Waals surface area contributed by atoms with Crippen molar-refractivity contribution in [2.75, 3.05) is 20.2 Å². The molecule has 8 heteroatoms. The Bertz CT molecular complexity index is 1270. The Kier molecular flexibility index (Phi) is 6.21. The number of nitrogens with zero attached hydrogens (tertiary/aromatic N) is 2. The Morgan fingerprint density at radius 2 is 2.06 bits per heavy atom. The number of imidazole rings is 1. The molecule has 3 aromatic rings. The lowest BCUT2D eigenvalue weighted by Gasteiger charge is -2.37. The maximum Gasteiger partial charge on any atom is 0.407 e. The first-order valence-corrected chi connectivity index (χ1v) is 12.9. The van der Waals surface area contributed by atoms with Crippen LogP contribution in [0.2, 0.25) is 0 Å². The number of aldehydes is 1. The number of aromatic nitrogens is 2. The van der Waals surface area contributed by atoms with E-state index in [0.717, 1.165) is 40.8 Å². The molecule has 1 saturated heterocycles. The molecule has 0 bridgehead atoms. The molecular formula is C27H31BrN4O3. The molecule has 35 heavy (non-hydrogen) atoms. The van der Waals surface area contributed by atoms with Crippen LogP contribution < -0.4 is 5.32 Å². The number of carbonyl (C=O) groups is 2. The van der Waals surface area contributed by atoms with E-state index < -0.39 is 11.6 Å². The van der Waals surface area contributed by atoms with Crippen molar-refractivity contribution in [2.24, 2.45) is 11.3 Å². The summed E-state index contributed by atoms with van der Waals surface area (Å²) in [7, 11) is 1.32. The van der Waals surface area contributed by atoms with E-state index in [0.29, 0.717) is 6.54 Å². The summed E-state index contributed by atoms with van der Waals surface area (Å²) in [5.74, 6) is 0.807. The third kappa shape index (κ3) is 4.61. The standard InChI is InChI=1S/C27H31BrN4O3/c1-17(2)27(16-33,31-25(34)35-3)15-32-14-26(8-9-26)12-23(32)24-29-13-22(30-24)20-5-4-19-11-21(28)7-6-18(19)10-20/h4-7,10-11,13,16-17,23H,8-9,12,14-15H2,1-3H3,(H,29,30)(H,31,34)/t23-,27+/m0/s1. The molecule has 1 saturated carbocycles. The van der Waals surface area contributed by atoms with Gasteiger partial charge in [-0.2, -0.15) is 0 Å². The van der Waals surface area contributed by atoms with Crippen molar-refractivity contribution in [3.8, 4) is 11.3 Å². The normalized spacial score (nSPS) is 20.8. The van der Waals surface area contributed by atoms with Gasteiger partial charge in [-0.1, -0.05) is 48.0 Å². The van der Waals surface area contributed by atoms with Crippen LogP contribution in [0.1, 0.15) is 45.0 Å². The minimum atomic E-state index is -1.03. The largest absolute Gasteiger partial charge is 0.453 e. The summed E-state index contributed by atoms with van der Waals surface area (Å²) >= 11 is 3.54. The highest BCUT2D eigenvalue weighted by Crippen LogP contribution is 2.58. The van der Waals surface area contributed by atoms with E-state index in [1.807, 2.05) is 26.1 Å². The number of alkyl carbamates (subject to hydrolysis) is 1. The van der Waals surface area contributed by atoms with E-state index in [2.05, 4.69) is 61.5 Å². The molecule has 5 rings (SSSR count). The number of H-pyrrole nitrogens is 1. The number of halogens is 1. The average Bonchev–Trinajstić information content (AvgIpc) is 3.26. The van der Waals surface area contributed by atoms with Gasteiger partial charge in [-0.25, -0.2) is 9.78 Å². The Morgan fingerprint density at radius 3 is 2.74 bits per heavy atom. The van der Waals surface area contributed by atoms with Crippen molar-refractivity contribution >= 4 is 39.1 Å². The van der Waals surface area contributed by atoms with Gasteiger partial charge in [0.2, 0.25) is 0 Å². The third-order valence-electron chi connectivity index (χ3n) is 7.81. The zero-order chi connectivity index (χ0) is 24.8. The van der Waals surface area contributed by atoms with E-state index in [1.165, 1.54) is 30.7 Å². The van der Waals surface area contributed by atoms with Gasteiger partial charge in [-0.05, 0) is 59.6 Å². The molecule has 1 aliphatic heterocycles. The molecule has 1 amide bonds. The number of benzene rings is 2. The molecule has 2 N–H and O–H groups in total. The number of ether oxygens (including phenoxy) is 1. The second kappa shape index (κ2) is 9.06. The van der Waals surface area contributed by atoms with Crippen LogP contribution in [0.15, 0.2) is 47.1 Å². The first kappa shape index (κ1) is 24.0. The van der Waals surface area contributed by atoms with Crippen molar-refractivity contribution in [1.29, 1.82) is 0 Å². The highest BCUT2D eigenvalue weighted by Gasteiger charge is 2.54. The van der Waals surface area contributed by atoms with Crippen molar-refractivity contribution in [3.05, 3.63) is 52.9 Å². The number of methoxy groups -OCH3 is 1. The summed E-state index contributed by atoms with van der Waals surface area (Å²) in [5, 5.41) is 5.17. The summed E-state index contributed by atoms with van der Waals surface area (Å²) < 4.78 is 5.89. The molecule has 0 radical (unpaired) electrons. The second-order valence-electron chi connectivity index (χ2n) is 10.4. The zero-order valence-corrected chi connectivity index (χ0v) is 21.9. The van der Waals surface area contributed by atoms with E-state index >= 15 is 0 Å². The summed E-state index contributed by atoms with van der Waals surface area (Å²) in [4.78, 5) is 35.1. The van der Waals surface area contributed by atoms with Crippen LogP contribution in [-0.4, -0.2) is 53.0 Å². The summed E-state index contributed by atoms with van der Waals surface area (Å²) in [6, 6.07) is 12.7. The van der Waals surface area contributed by atoms with Gasteiger partial charge in [0.05, 0.1) is 25.0 Å². The fourth-order valence-corrected chi connectivity index (χ4v) is 5.68. The number of nitrogens with one attached hydrogen (secondary N) is 2. The molecular weight excluding hydrogens is 508 g/mol. The fourth-order valence-electron chi connectivity index (χ4n) is 5.30. The van der Waals surface area contributed by atoms with Crippen molar-refractivity contribution in [3.63, 3.8) is 0 Å². The maximum atomic E-state index is 12.3. The molecule has 2 atom stereocenters. The van der Waals surface area contributed by atoms with Crippen LogP contribution in [0.25, 0.3) is 22.0 Å². The van der Waals surface area contributed by atoms with Crippen LogP contribution in [0.4, 0.5) is 4.79 Å². The summed E-state index contributed by atoms with van der Waals surface area (Å²) in [6.45, 7) is 5.21. The van der Waals surface area contributed by atoms with Crippen LogP contribution in [0.5, 0.6) is 0 Å². The number of rotatable bonds is 7. The Labute approximate surface area is 213 Å².